The zero-order chi connectivity index (χ0) is 30.4. The molecule has 0 radical (unpaired) electrons. The number of carbonyl (C=O) groups is 1. The van der Waals surface area contributed by atoms with Gasteiger partial charge in [-0.25, -0.2) is 4.21 Å². The van der Waals surface area contributed by atoms with E-state index in [0.29, 0.717) is 56.7 Å². The highest BCUT2D eigenvalue weighted by molar-refractivity contribution is 7.99. The van der Waals surface area contributed by atoms with Crippen LogP contribution >= 0.6 is 11.6 Å². The molecule has 1 fully saturated rings. The Bertz CT molecular complexity index is 1480. The van der Waals surface area contributed by atoms with E-state index in [1.807, 2.05) is 25.1 Å². The molecule has 2 bridgehead atoms. The van der Waals surface area contributed by atoms with E-state index in [-0.39, 0.29) is 35.0 Å². The van der Waals surface area contributed by atoms with Gasteiger partial charge in [0.25, 0.3) is 5.91 Å². The standard InChI is InChI=1S/C34H45ClN2O5S/c1-3-27-8-4-5-16-34(40,21-38)29-12-9-25(29)19-37-20-33(15-6-7-23-17-26(35)11-13-28(23)33)22-42-31-14-10-24(18-30(31)37)32(39)36-43(27,2)41/h10-11,13-14,17-18,25,27,29,38,40H,2-9,12,15-16,19-22H2,1H3,(H,36,39,41)/t25-,27+,29+,33-,34+,43?/m0/s1. The maximum Gasteiger partial charge on any atom is 0.262 e. The maximum atomic E-state index is 13.7. The van der Waals surface area contributed by atoms with Gasteiger partial charge in [-0.2, -0.15) is 0 Å². The lowest BCUT2D eigenvalue weighted by Gasteiger charge is -2.49. The summed E-state index contributed by atoms with van der Waals surface area (Å²) in [6.45, 7) is 3.59. The van der Waals surface area contributed by atoms with Crippen LogP contribution in [-0.4, -0.2) is 63.4 Å². The van der Waals surface area contributed by atoms with Crippen LogP contribution < -0.4 is 14.4 Å². The Morgan fingerprint density at radius 1 is 1.14 bits per heavy atom. The molecule has 7 nitrogen and oxygen atoms in total. The highest BCUT2D eigenvalue weighted by Gasteiger charge is 2.48. The van der Waals surface area contributed by atoms with Crippen LogP contribution in [0.15, 0.2) is 36.4 Å². The first-order valence-corrected chi connectivity index (χ1v) is 18.1. The van der Waals surface area contributed by atoms with Crippen molar-refractivity contribution in [2.75, 3.05) is 31.2 Å². The van der Waals surface area contributed by atoms with E-state index in [4.69, 9.17) is 16.3 Å². The number of nitrogens with one attached hydrogen (secondary N) is 1. The number of hydrogen-bond donors (Lipinski definition) is 3. The summed E-state index contributed by atoms with van der Waals surface area (Å²) in [4.78, 5) is 15.9. The zero-order valence-corrected chi connectivity index (χ0v) is 26.7. The van der Waals surface area contributed by atoms with Crippen molar-refractivity contribution in [2.45, 2.75) is 87.4 Å². The Morgan fingerprint density at radius 2 is 1.98 bits per heavy atom. The number of rotatable bonds is 2. The van der Waals surface area contributed by atoms with Crippen LogP contribution in [0.5, 0.6) is 5.75 Å². The van der Waals surface area contributed by atoms with Gasteiger partial charge >= 0.3 is 0 Å². The first kappa shape index (κ1) is 30.8. The van der Waals surface area contributed by atoms with Gasteiger partial charge < -0.3 is 19.8 Å². The van der Waals surface area contributed by atoms with Crippen LogP contribution in [0.4, 0.5) is 5.69 Å². The first-order chi connectivity index (χ1) is 20.6. The van der Waals surface area contributed by atoms with Crippen LogP contribution in [0.1, 0.15) is 86.2 Å². The Kier molecular flexibility index (Phi) is 8.52. The molecule has 0 saturated heterocycles. The summed E-state index contributed by atoms with van der Waals surface area (Å²) in [5.41, 5.74) is 2.37. The van der Waals surface area contributed by atoms with Crippen molar-refractivity contribution in [2.24, 2.45) is 11.8 Å². The second-order valence-corrected chi connectivity index (χ2v) is 16.2. The van der Waals surface area contributed by atoms with Gasteiger partial charge in [0.1, 0.15) is 5.75 Å². The summed E-state index contributed by atoms with van der Waals surface area (Å²) in [5, 5.41) is 22.6. The van der Waals surface area contributed by atoms with Gasteiger partial charge in [0.05, 0.1) is 34.2 Å². The predicted molar refractivity (Wildman–Crippen MR) is 174 cm³/mol. The van der Waals surface area contributed by atoms with Gasteiger partial charge in [0.2, 0.25) is 0 Å². The molecule has 6 rings (SSSR count). The molecule has 4 aliphatic rings. The topological polar surface area (TPSA) is 99.1 Å². The highest BCUT2D eigenvalue weighted by atomic mass is 35.5. The number of fused-ring (bicyclic) bond motifs is 4. The molecule has 234 valence electrons. The summed E-state index contributed by atoms with van der Waals surface area (Å²) in [5.74, 6) is 4.48. The minimum Gasteiger partial charge on any atom is -0.490 e. The number of aliphatic hydroxyl groups is 2. The fraction of sp³-hybridized carbons (Fsp3) is 0.588. The third kappa shape index (κ3) is 5.81. The van der Waals surface area contributed by atoms with E-state index >= 15 is 0 Å². The average molecular weight is 629 g/mol. The largest absolute Gasteiger partial charge is 0.490 e. The molecule has 43 heavy (non-hydrogen) atoms. The minimum atomic E-state index is -2.91. The molecule has 0 aromatic heterocycles. The smallest absolute Gasteiger partial charge is 0.262 e. The number of aliphatic hydroxyl groups excluding tert-OH is 1. The Morgan fingerprint density at radius 3 is 2.72 bits per heavy atom. The molecule has 2 aliphatic heterocycles. The third-order valence-electron chi connectivity index (χ3n) is 10.8. The number of halogens is 1. The van der Waals surface area contributed by atoms with Crippen molar-refractivity contribution in [3.63, 3.8) is 0 Å². The van der Waals surface area contributed by atoms with Crippen molar-refractivity contribution < 1.29 is 24.0 Å². The van der Waals surface area contributed by atoms with Crippen LogP contribution in [0.2, 0.25) is 5.02 Å². The van der Waals surface area contributed by atoms with Crippen LogP contribution in [0.3, 0.4) is 0 Å². The fourth-order valence-corrected chi connectivity index (χ4v) is 10.1. The second kappa shape index (κ2) is 11.9. The zero-order valence-electron chi connectivity index (χ0n) is 25.2. The number of carbonyl (C=O) groups excluding carboxylic acids is 1. The van der Waals surface area contributed by atoms with Crippen LogP contribution in [0.25, 0.3) is 0 Å². The number of nitrogens with zero attached hydrogens (tertiary/aromatic N) is 1. The van der Waals surface area contributed by atoms with E-state index in [1.165, 1.54) is 11.1 Å². The van der Waals surface area contributed by atoms with Crippen molar-refractivity contribution in [1.82, 2.24) is 4.72 Å². The van der Waals surface area contributed by atoms with E-state index in [2.05, 4.69) is 27.6 Å². The van der Waals surface area contributed by atoms with Gasteiger partial charge in [-0.1, -0.05) is 37.4 Å². The van der Waals surface area contributed by atoms with Crippen molar-refractivity contribution in [3.8, 4) is 5.75 Å². The van der Waals surface area contributed by atoms with Crippen LogP contribution in [-0.2, 0) is 21.5 Å². The lowest BCUT2D eigenvalue weighted by molar-refractivity contribution is -0.117. The van der Waals surface area contributed by atoms with Gasteiger partial charge in [0, 0.05) is 34.3 Å². The van der Waals surface area contributed by atoms with Crippen LogP contribution in [0, 0.1) is 11.8 Å². The fourth-order valence-electron chi connectivity index (χ4n) is 8.18. The van der Waals surface area contributed by atoms with E-state index in [0.717, 1.165) is 49.2 Å². The third-order valence-corrected chi connectivity index (χ3v) is 13.2. The molecule has 1 unspecified atom stereocenters. The van der Waals surface area contributed by atoms with Gasteiger partial charge in [0.15, 0.2) is 0 Å². The first-order valence-electron chi connectivity index (χ1n) is 15.9. The van der Waals surface area contributed by atoms with Crippen molar-refractivity contribution >= 4 is 38.8 Å². The molecule has 3 N–H and O–H groups in total. The Balaban J connectivity index is 1.43. The summed E-state index contributed by atoms with van der Waals surface area (Å²) >= 11 is 6.41. The number of anilines is 1. The Labute approximate surface area is 261 Å². The normalized spacial score (nSPS) is 34.7. The van der Waals surface area contributed by atoms with E-state index in [9.17, 15) is 19.2 Å². The van der Waals surface area contributed by atoms with Crippen molar-refractivity contribution in [1.29, 1.82) is 0 Å². The molecule has 2 aromatic rings. The summed E-state index contributed by atoms with van der Waals surface area (Å²) < 4.78 is 23.1. The maximum absolute atomic E-state index is 13.7. The molecule has 6 atom stereocenters. The summed E-state index contributed by atoms with van der Waals surface area (Å²) in [7, 11) is -2.91. The number of ether oxygens (including phenoxy) is 1. The monoisotopic (exact) mass is 628 g/mol. The number of hydrogen-bond acceptors (Lipinski definition) is 6. The Hall–Kier alpha value is -2.26. The summed E-state index contributed by atoms with van der Waals surface area (Å²) in [6, 6.07) is 11.7. The molecule has 1 saturated carbocycles. The average Bonchev–Trinajstić information content (AvgIpc) is 3.11. The van der Waals surface area contributed by atoms with Gasteiger partial charge in [-0.15, -0.1) is 0 Å². The lowest BCUT2D eigenvalue weighted by atomic mass is 9.63. The summed E-state index contributed by atoms with van der Waals surface area (Å²) in [6.07, 6.45) is 8.03. The minimum absolute atomic E-state index is 0.0167. The highest BCUT2D eigenvalue weighted by Crippen LogP contribution is 2.48. The molecule has 9 heteroatoms. The van der Waals surface area contributed by atoms with E-state index in [1.54, 1.807) is 6.07 Å². The molecular weight excluding hydrogens is 584 g/mol. The van der Waals surface area contributed by atoms with Crippen molar-refractivity contribution in [3.05, 3.63) is 58.1 Å². The molecule has 2 heterocycles. The number of amides is 1. The molecule has 2 aliphatic carbocycles. The predicted octanol–water partition coefficient (Wildman–Crippen LogP) is 5.28. The molecule has 1 spiro atoms. The molecule has 1 amide bonds. The van der Waals surface area contributed by atoms with Gasteiger partial charge in [-0.05, 0) is 111 Å². The lowest BCUT2D eigenvalue weighted by Crippen LogP contribution is -2.54. The second-order valence-electron chi connectivity index (χ2n) is 13.4. The van der Waals surface area contributed by atoms with E-state index < -0.39 is 15.3 Å². The number of benzene rings is 2. The van der Waals surface area contributed by atoms with Gasteiger partial charge in [-0.3, -0.25) is 9.52 Å². The molecule has 2 aromatic carbocycles. The quantitative estimate of drug-likeness (QED) is 0.392. The molecular formula is C34H45ClN2O5S. The number of aryl methyl sites for hydroxylation is 1. The SMILES string of the molecule is C=S1(=O)NC(=O)c2ccc3c(c2)N(C[C@@H]2CC[C@H]2[C@](O)(CO)CCCC[C@H]1CC)C[C@@]1(CCCc2cc(Cl)ccc21)CO3.